The third-order valence-electron chi connectivity index (χ3n) is 3.72. The normalized spacial score (nSPS) is 16.8. The van der Waals surface area contributed by atoms with Crippen LogP contribution in [0.3, 0.4) is 0 Å². The first-order valence-corrected chi connectivity index (χ1v) is 8.73. The molecule has 1 fully saturated rings. The molecule has 1 N–H and O–H groups in total. The minimum Gasteiger partial charge on any atom is -0.497 e. The molecule has 6 nitrogen and oxygen atoms in total. The highest BCUT2D eigenvalue weighted by Gasteiger charge is 2.17. The van der Waals surface area contributed by atoms with Gasteiger partial charge in [-0.1, -0.05) is 0 Å². The lowest BCUT2D eigenvalue weighted by atomic mass is 10.2. The van der Waals surface area contributed by atoms with E-state index in [0.29, 0.717) is 18.8 Å². The molecule has 1 aromatic carbocycles. The molecular weight excluding hydrogens is 328 g/mol. The number of amides is 1. The van der Waals surface area contributed by atoms with Gasteiger partial charge in [-0.15, -0.1) is 11.3 Å². The number of aromatic nitrogens is 1. The van der Waals surface area contributed by atoms with Gasteiger partial charge in [0.25, 0.3) is 5.91 Å². The van der Waals surface area contributed by atoms with Crippen molar-refractivity contribution in [3.63, 3.8) is 0 Å². The summed E-state index contributed by atoms with van der Waals surface area (Å²) in [6.07, 6.45) is 2.19. The molecule has 1 aromatic heterocycles. The molecule has 128 valence electrons. The van der Waals surface area contributed by atoms with E-state index in [2.05, 4.69) is 10.3 Å². The van der Waals surface area contributed by atoms with E-state index in [9.17, 15) is 4.79 Å². The summed E-state index contributed by atoms with van der Waals surface area (Å²) < 4.78 is 16.3. The number of carbonyl (C=O) groups excluding carboxylic acids is 1. The maximum Gasteiger partial charge on any atom is 0.270 e. The van der Waals surface area contributed by atoms with Gasteiger partial charge >= 0.3 is 0 Å². The number of nitrogens with zero attached hydrogens (tertiary/aromatic N) is 1. The van der Waals surface area contributed by atoms with Gasteiger partial charge in [-0.2, -0.15) is 0 Å². The smallest absolute Gasteiger partial charge is 0.270 e. The van der Waals surface area contributed by atoms with Gasteiger partial charge in [-0.05, 0) is 37.1 Å². The van der Waals surface area contributed by atoms with Crippen LogP contribution < -0.4 is 14.8 Å². The highest BCUT2D eigenvalue weighted by molar-refractivity contribution is 7.09. The van der Waals surface area contributed by atoms with E-state index in [1.165, 1.54) is 11.3 Å². The maximum absolute atomic E-state index is 12.1. The molecular formula is C17H20N2O4S. The average Bonchev–Trinajstić information content (AvgIpc) is 3.30. The Kier molecular flexibility index (Phi) is 5.66. The van der Waals surface area contributed by atoms with E-state index in [-0.39, 0.29) is 12.0 Å². The standard InChI is InChI=1S/C17H20N2O4S/c1-21-12-4-6-13(7-5-12)23-10-16-19-15(11-24-16)17(20)18-9-14-3-2-8-22-14/h4-7,11,14H,2-3,8-10H2,1H3,(H,18,20)/t14-/m1/s1. The van der Waals surface area contributed by atoms with Gasteiger partial charge in [0.15, 0.2) is 0 Å². The molecule has 0 saturated carbocycles. The van der Waals surface area contributed by atoms with Gasteiger partial charge in [-0.25, -0.2) is 4.98 Å². The zero-order valence-corrected chi connectivity index (χ0v) is 14.3. The van der Waals surface area contributed by atoms with Crippen LogP contribution in [0.25, 0.3) is 0 Å². The molecule has 2 heterocycles. The van der Waals surface area contributed by atoms with Crippen LogP contribution in [0.1, 0.15) is 28.3 Å². The second-order valence-electron chi connectivity index (χ2n) is 5.44. The minimum absolute atomic E-state index is 0.130. The highest BCUT2D eigenvalue weighted by Crippen LogP contribution is 2.19. The van der Waals surface area contributed by atoms with Crippen LogP contribution in [0, 0.1) is 0 Å². The van der Waals surface area contributed by atoms with E-state index in [1.807, 2.05) is 24.3 Å². The van der Waals surface area contributed by atoms with Crippen LogP contribution in [-0.2, 0) is 11.3 Å². The molecule has 3 rings (SSSR count). The van der Waals surface area contributed by atoms with Crippen LogP contribution in [-0.4, -0.2) is 37.3 Å². The summed E-state index contributed by atoms with van der Waals surface area (Å²) in [5.41, 5.74) is 0.423. The van der Waals surface area contributed by atoms with E-state index in [1.54, 1.807) is 12.5 Å². The van der Waals surface area contributed by atoms with Crippen molar-refractivity contribution in [1.29, 1.82) is 0 Å². The number of ether oxygens (including phenoxy) is 3. The summed E-state index contributed by atoms with van der Waals surface area (Å²) in [5, 5.41) is 5.37. The van der Waals surface area contributed by atoms with Crippen molar-refractivity contribution in [3.05, 3.63) is 40.3 Å². The summed E-state index contributed by atoms with van der Waals surface area (Å²) in [6, 6.07) is 7.34. The molecule has 1 atom stereocenters. The summed E-state index contributed by atoms with van der Waals surface area (Å²) >= 11 is 1.41. The zero-order chi connectivity index (χ0) is 16.8. The number of carbonyl (C=O) groups is 1. The minimum atomic E-state index is -0.169. The second kappa shape index (κ2) is 8.12. The number of nitrogens with one attached hydrogen (secondary N) is 1. The Morgan fingerprint density at radius 2 is 2.17 bits per heavy atom. The largest absolute Gasteiger partial charge is 0.497 e. The Labute approximate surface area is 144 Å². The van der Waals surface area contributed by atoms with Crippen LogP contribution in [0.15, 0.2) is 29.6 Å². The fraction of sp³-hybridized carbons (Fsp3) is 0.412. The third kappa shape index (κ3) is 4.46. The Hall–Kier alpha value is -2.12. The number of benzene rings is 1. The molecule has 7 heteroatoms. The SMILES string of the molecule is COc1ccc(OCc2nc(C(=O)NC[C@H]3CCCO3)cs2)cc1. The average molecular weight is 348 g/mol. The second-order valence-corrected chi connectivity index (χ2v) is 6.38. The topological polar surface area (TPSA) is 69.7 Å². The Morgan fingerprint density at radius 1 is 1.38 bits per heavy atom. The third-order valence-corrected chi connectivity index (χ3v) is 4.54. The first-order valence-electron chi connectivity index (χ1n) is 7.85. The Morgan fingerprint density at radius 3 is 2.88 bits per heavy atom. The number of hydrogen-bond acceptors (Lipinski definition) is 6. The molecule has 0 bridgehead atoms. The maximum atomic E-state index is 12.1. The monoisotopic (exact) mass is 348 g/mol. The molecule has 0 unspecified atom stereocenters. The predicted octanol–water partition coefficient (Wildman–Crippen LogP) is 2.64. The summed E-state index contributed by atoms with van der Waals surface area (Å²) in [4.78, 5) is 16.4. The molecule has 24 heavy (non-hydrogen) atoms. The van der Waals surface area contributed by atoms with Crippen LogP contribution in [0.5, 0.6) is 11.5 Å². The Bertz CT molecular complexity index is 665. The predicted molar refractivity (Wildman–Crippen MR) is 90.7 cm³/mol. The van der Waals surface area contributed by atoms with Gasteiger partial charge < -0.3 is 19.5 Å². The van der Waals surface area contributed by atoms with Crippen LogP contribution in [0.2, 0.25) is 0 Å². The lowest BCUT2D eigenvalue weighted by molar-refractivity contribution is 0.0854. The first-order chi connectivity index (χ1) is 11.7. The van der Waals surface area contributed by atoms with E-state index in [4.69, 9.17) is 14.2 Å². The van der Waals surface area contributed by atoms with E-state index >= 15 is 0 Å². The van der Waals surface area contributed by atoms with Gasteiger partial charge in [0.2, 0.25) is 0 Å². The van der Waals surface area contributed by atoms with Crippen molar-refractivity contribution in [2.75, 3.05) is 20.3 Å². The van der Waals surface area contributed by atoms with Crippen molar-refractivity contribution in [2.45, 2.75) is 25.6 Å². The van der Waals surface area contributed by atoms with Crippen molar-refractivity contribution in [2.24, 2.45) is 0 Å². The van der Waals surface area contributed by atoms with Gasteiger partial charge in [0.05, 0.1) is 13.2 Å². The number of methoxy groups -OCH3 is 1. The molecule has 1 saturated heterocycles. The van der Waals surface area contributed by atoms with Crippen LogP contribution >= 0.6 is 11.3 Å². The van der Waals surface area contributed by atoms with Crippen LogP contribution in [0.4, 0.5) is 0 Å². The fourth-order valence-electron chi connectivity index (χ4n) is 2.40. The number of thiazole rings is 1. The summed E-state index contributed by atoms with van der Waals surface area (Å²) in [6.45, 7) is 1.65. The lowest BCUT2D eigenvalue weighted by Gasteiger charge is -2.09. The molecule has 1 amide bonds. The van der Waals surface area contributed by atoms with Gasteiger partial charge in [0, 0.05) is 18.5 Å². The van der Waals surface area contributed by atoms with E-state index < -0.39 is 0 Å². The van der Waals surface area contributed by atoms with Gasteiger partial charge in [-0.3, -0.25) is 4.79 Å². The highest BCUT2D eigenvalue weighted by atomic mass is 32.1. The van der Waals surface area contributed by atoms with Crippen molar-refractivity contribution in [3.8, 4) is 11.5 Å². The number of hydrogen-bond donors (Lipinski definition) is 1. The lowest BCUT2D eigenvalue weighted by Crippen LogP contribution is -2.31. The number of rotatable bonds is 7. The first kappa shape index (κ1) is 16.7. The molecule has 0 spiro atoms. The molecule has 1 aliphatic heterocycles. The molecule has 2 aromatic rings. The quantitative estimate of drug-likeness (QED) is 0.833. The molecule has 0 radical (unpaired) electrons. The molecule has 0 aliphatic carbocycles. The Balaban J connectivity index is 1.48. The van der Waals surface area contributed by atoms with Crippen molar-refractivity contribution >= 4 is 17.2 Å². The van der Waals surface area contributed by atoms with Crippen molar-refractivity contribution in [1.82, 2.24) is 10.3 Å². The zero-order valence-electron chi connectivity index (χ0n) is 13.5. The van der Waals surface area contributed by atoms with E-state index in [0.717, 1.165) is 36.0 Å². The van der Waals surface area contributed by atoms with Gasteiger partial charge in [0.1, 0.15) is 28.8 Å². The summed E-state index contributed by atoms with van der Waals surface area (Å²) in [5.74, 6) is 1.34. The fourth-order valence-corrected chi connectivity index (χ4v) is 3.09. The molecule has 1 aliphatic rings. The van der Waals surface area contributed by atoms with Crippen molar-refractivity contribution < 1.29 is 19.0 Å². The summed E-state index contributed by atoms with van der Waals surface area (Å²) in [7, 11) is 1.62.